The van der Waals surface area contributed by atoms with E-state index in [0.717, 1.165) is 64.3 Å². The van der Waals surface area contributed by atoms with Crippen molar-refractivity contribution in [3.63, 3.8) is 0 Å². The number of piperidine rings is 2. The molecule has 1 spiro atoms. The molecule has 0 bridgehead atoms. The first-order valence-electron chi connectivity index (χ1n) is 10.4. The van der Waals surface area contributed by atoms with E-state index >= 15 is 0 Å². The number of carbonyl (C=O) groups is 1. The standard InChI is InChI=1S/C22H29N5O/c1-17-7-11-27(12-8-17)21-24-20(28)19(15-23)22(25-21)9-13-26(14-10-22)16-18-5-3-2-4-6-18/h2-6,17,19H,7-14,16H2,1H3,(H,24,25,28)/t19-/m1/s1. The van der Waals surface area contributed by atoms with Crippen LogP contribution in [0.3, 0.4) is 0 Å². The summed E-state index contributed by atoms with van der Waals surface area (Å²) in [5.74, 6) is 0.541. The van der Waals surface area contributed by atoms with Gasteiger partial charge in [0.2, 0.25) is 11.9 Å². The Labute approximate surface area is 167 Å². The highest BCUT2D eigenvalue weighted by Gasteiger charge is 2.49. The van der Waals surface area contributed by atoms with E-state index in [1.807, 2.05) is 6.07 Å². The average molecular weight is 380 g/mol. The molecule has 6 heteroatoms. The van der Waals surface area contributed by atoms with Crippen molar-refractivity contribution in [3.05, 3.63) is 35.9 Å². The summed E-state index contributed by atoms with van der Waals surface area (Å²) < 4.78 is 0. The summed E-state index contributed by atoms with van der Waals surface area (Å²) in [6, 6.07) is 12.7. The molecule has 3 aliphatic heterocycles. The van der Waals surface area contributed by atoms with Crippen molar-refractivity contribution in [2.45, 2.75) is 44.7 Å². The smallest absolute Gasteiger partial charge is 0.246 e. The van der Waals surface area contributed by atoms with Gasteiger partial charge in [-0.2, -0.15) is 5.26 Å². The van der Waals surface area contributed by atoms with Crippen LogP contribution in [-0.4, -0.2) is 53.4 Å². The van der Waals surface area contributed by atoms with Gasteiger partial charge in [-0.15, -0.1) is 0 Å². The highest BCUT2D eigenvalue weighted by Crippen LogP contribution is 2.37. The lowest BCUT2D eigenvalue weighted by Crippen LogP contribution is -2.60. The number of benzene rings is 1. The van der Waals surface area contributed by atoms with Crippen molar-refractivity contribution in [3.8, 4) is 6.07 Å². The number of nitrogens with zero attached hydrogens (tertiary/aromatic N) is 4. The molecule has 0 radical (unpaired) electrons. The molecule has 6 nitrogen and oxygen atoms in total. The first-order chi connectivity index (χ1) is 13.6. The molecule has 2 saturated heterocycles. The number of hydrogen-bond donors (Lipinski definition) is 1. The number of likely N-dealkylation sites (tertiary alicyclic amines) is 2. The number of rotatable bonds is 2. The highest BCUT2D eigenvalue weighted by molar-refractivity contribution is 6.02. The van der Waals surface area contributed by atoms with Crippen LogP contribution in [0.5, 0.6) is 0 Å². The molecular formula is C22H29N5O. The summed E-state index contributed by atoms with van der Waals surface area (Å²) in [6.45, 7) is 6.74. The molecule has 0 aliphatic carbocycles. The molecule has 1 amide bonds. The van der Waals surface area contributed by atoms with Crippen molar-refractivity contribution in [1.82, 2.24) is 15.1 Å². The van der Waals surface area contributed by atoms with Crippen molar-refractivity contribution >= 4 is 11.9 Å². The van der Waals surface area contributed by atoms with Gasteiger partial charge in [-0.05, 0) is 37.2 Å². The van der Waals surface area contributed by atoms with Gasteiger partial charge in [-0.25, -0.2) is 4.99 Å². The Hall–Kier alpha value is -2.39. The number of guanidine groups is 1. The van der Waals surface area contributed by atoms with Crippen LogP contribution >= 0.6 is 0 Å². The molecule has 3 aliphatic rings. The molecule has 4 rings (SSSR count). The second kappa shape index (κ2) is 7.92. The Morgan fingerprint density at radius 1 is 1.18 bits per heavy atom. The lowest BCUT2D eigenvalue weighted by Gasteiger charge is -2.45. The maximum absolute atomic E-state index is 12.7. The van der Waals surface area contributed by atoms with Crippen molar-refractivity contribution in [2.75, 3.05) is 26.2 Å². The lowest BCUT2D eigenvalue weighted by atomic mass is 9.76. The number of carbonyl (C=O) groups excluding carboxylic acids is 1. The maximum atomic E-state index is 12.7. The quantitative estimate of drug-likeness (QED) is 0.856. The van der Waals surface area contributed by atoms with Gasteiger partial charge in [-0.1, -0.05) is 37.3 Å². The molecular weight excluding hydrogens is 350 g/mol. The summed E-state index contributed by atoms with van der Waals surface area (Å²) in [5.41, 5.74) is 0.714. The van der Waals surface area contributed by atoms with E-state index in [9.17, 15) is 10.1 Å². The second-order valence-corrected chi connectivity index (χ2v) is 8.52. The zero-order chi connectivity index (χ0) is 19.6. The molecule has 1 atom stereocenters. The summed E-state index contributed by atoms with van der Waals surface area (Å²) in [6.07, 6.45) is 3.74. The second-order valence-electron chi connectivity index (χ2n) is 8.52. The van der Waals surface area contributed by atoms with Crippen molar-refractivity contribution in [1.29, 1.82) is 5.26 Å². The number of aliphatic imine (C=N–C) groups is 1. The monoisotopic (exact) mass is 379 g/mol. The topological polar surface area (TPSA) is 71.7 Å². The van der Waals surface area contributed by atoms with Gasteiger partial charge in [0, 0.05) is 32.7 Å². The Kier molecular flexibility index (Phi) is 5.36. The predicted molar refractivity (Wildman–Crippen MR) is 108 cm³/mol. The lowest BCUT2D eigenvalue weighted by molar-refractivity contribution is -0.125. The molecule has 28 heavy (non-hydrogen) atoms. The molecule has 0 aromatic heterocycles. The first kappa shape index (κ1) is 18.9. The van der Waals surface area contributed by atoms with E-state index in [4.69, 9.17) is 4.99 Å². The molecule has 1 aromatic rings. The fourth-order valence-corrected chi connectivity index (χ4v) is 4.62. The minimum atomic E-state index is -0.696. The molecule has 3 heterocycles. The van der Waals surface area contributed by atoms with Crippen LogP contribution in [0.1, 0.15) is 38.2 Å². The summed E-state index contributed by atoms with van der Waals surface area (Å²) in [5, 5.41) is 12.6. The highest BCUT2D eigenvalue weighted by atomic mass is 16.2. The van der Waals surface area contributed by atoms with E-state index in [1.54, 1.807) is 0 Å². The zero-order valence-corrected chi connectivity index (χ0v) is 16.6. The van der Waals surface area contributed by atoms with Crippen LogP contribution < -0.4 is 5.32 Å². The number of hydrogen-bond acceptors (Lipinski definition) is 5. The van der Waals surface area contributed by atoms with Gasteiger partial charge in [0.25, 0.3) is 0 Å². The third kappa shape index (κ3) is 3.77. The van der Waals surface area contributed by atoms with Crippen LogP contribution in [0, 0.1) is 23.2 Å². The number of amides is 1. The van der Waals surface area contributed by atoms with Gasteiger partial charge in [0.1, 0.15) is 0 Å². The van der Waals surface area contributed by atoms with E-state index < -0.39 is 11.5 Å². The fourth-order valence-electron chi connectivity index (χ4n) is 4.62. The molecule has 0 saturated carbocycles. The summed E-state index contributed by atoms with van der Waals surface area (Å²) in [4.78, 5) is 22.4. The zero-order valence-electron chi connectivity index (χ0n) is 16.6. The minimum Gasteiger partial charge on any atom is -0.343 e. The largest absolute Gasteiger partial charge is 0.343 e. The third-order valence-corrected chi connectivity index (χ3v) is 6.55. The Morgan fingerprint density at radius 2 is 1.86 bits per heavy atom. The van der Waals surface area contributed by atoms with Gasteiger partial charge < -0.3 is 4.90 Å². The van der Waals surface area contributed by atoms with E-state index in [0.29, 0.717) is 5.96 Å². The minimum absolute atomic E-state index is 0.178. The predicted octanol–water partition coefficient (Wildman–Crippen LogP) is 2.38. The summed E-state index contributed by atoms with van der Waals surface area (Å²) in [7, 11) is 0. The average Bonchev–Trinajstić information content (AvgIpc) is 2.71. The van der Waals surface area contributed by atoms with Crippen LogP contribution in [0.15, 0.2) is 35.3 Å². The molecule has 2 fully saturated rings. The fraction of sp³-hybridized carbons (Fsp3) is 0.591. The molecule has 0 unspecified atom stereocenters. The van der Waals surface area contributed by atoms with Gasteiger partial charge in [0.15, 0.2) is 5.92 Å². The first-order valence-corrected chi connectivity index (χ1v) is 10.4. The van der Waals surface area contributed by atoms with Crippen LogP contribution in [0.2, 0.25) is 0 Å². The van der Waals surface area contributed by atoms with E-state index in [2.05, 4.69) is 52.4 Å². The Bertz CT molecular complexity index is 768. The SMILES string of the molecule is CC1CCN(C2=NC3(CCN(Cc4ccccc4)CC3)[C@H](C#N)C(=O)N2)CC1. The van der Waals surface area contributed by atoms with Gasteiger partial charge >= 0.3 is 0 Å². The van der Waals surface area contributed by atoms with E-state index in [-0.39, 0.29) is 5.91 Å². The number of nitriles is 1. The number of nitrogens with one attached hydrogen (secondary N) is 1. The third-order valence-electron chi connectivity index (χ3n) is 6.55. The van der Waals surface area contributed by atoms with Crippen molar-refractivity contribution < 1.29 is 4.79 Å². The Balaban J connectivity index is 1.50. The summed E-state index contributed by atoms with van der Waals surface area (Å²) >= 11 is 0. The van der Waals surface area contributed by atoms with Crippen molar-refractivity contribution in [2.24, 2.45) is 16.8 Å². The maximum Gasteiger partial charge on any atom is 0.246 e. The van der Waals surface area contributed by atoms with Crippen LogP contribution in [0.25, 0.3) is 0 Å². The molecule has 1 N–H and O–H groups in total. The van der Waals surface area contributed by atoms with Gasteiger partial charge in [-0.3, -0.25) is 15.0 Å². The van der Waals surface area contributed by atoms with Gasteiger partial charge in [0.05, 0.1) is 11.6 Å². The Morgan fingerprint density at radius 3 is 2.50 bits per heavy atom. The normalized spacial score (nSPS) is 25.9. The van der Waals surface area contributed by atoms with E-state index in [1.165, 1.54) is 5.56 Å². The molecule has 148 valence electrons. The van der Waals surface area contributed by atoms with Crippen LogP contribution in [-0.2, 0) is 11.3 Å². The molecule has 1 aromatic carbocycles. The van der Waals surface area contributed by atoms with Crippen LogP contribution in [0.4, 0.5) is 0 Å².